The summed E-state index contributed by atoms with van der Waals surface area (Å²) >= 11 is 1.51. The summed E-state index contributed by atoms with van der Waals surface area (Å²) in [4.78, 5) is 26.2. The molecule has 5 heteroatoms. The second-order valence-electron chi connectivity index (χ2n) is 6.39. The van der Waals surface area contributed by atoms with Crippen LogP contribution in [0.3, 0.4) is 0 Å². The molecule has 0 radical (unpaired) electrons. The molecule has 142 valence electrons. The molecular weight excluding hydrogens is 368 g/mol. The first-order chi connectivity index (χ1) is 13.6. The van der Waals surface area contributed by atoms with Gasteiger partial charge in [0.2, 0.25) is 0 Å². The predicted octanol–water partition coefficient (Wildman–Crippen LogP) is 4.19. The Bertz CT molecular complexity index is 946. The monoisotopic (exact) mass is 390 g/mol. The van der Waals surface area contributed by atoms with E-state index >= 15 is 0 Å². The lowest BCUT2D eigenvalue weighted by Gasteiger charge is -2.11. The van der Waals surface area contributed by atoms with Gasteiger partial charge in [-0.15, -0.1) is 11.3 Å². The van der Waals surface area contributed by atoms with Gasteiger partial charge in [0, 0.05) is 17.0 Å². The van der Waals surface area contributed by atoms with Gasteiger partial charge in [-0.3, -0.25) is 9.59 Å². The van der Waals surface area contributed by atoms with Crippen molar-refractivity contribution in [3.63, 3.8) is 0 Å². The van der Waals surface area contributed by atoms with Crippen LogP contribution in [0.15, 0.2) is 77.8 Å². The van der Waals surface area contributed by atoms with E-state index in [0.29, 0.717) is 12.1 Å². The van der Waals surface area contributed by atoms with Crippen molar-refractivity contribution in [1.82, 2.24) is 10.6 Å². The molecular formula is C23H22N2O2S. The highest BCUT2D eigenvalue weighted by atomic mass is 32.1. The van der Waals surface area contributed by atoms with Crippen molar-refractivity contribution in [2.75, 3.05) is 6.54 Å². The van der Waals surface area contributed by atoms with Crippen molar-refractivity contribution >= 4 is 29.2 Å². The zero-order valence-corrected chi connectivity index (χ0v) is 16.5. The number of thiophene rings is 1. The molecule has 2 N–H and O–H groups in total. The highest BCUT2D eigenvalue weighted by Crippen LogP contribution is 2.13. The van der Waals surface area contributed by atoms with Crippen molar-refractivity contribution in [2.24, 2.45) is 0 Å². The number of hydrogen-bond donors (Lipinski definition) is 2. The molecule has 0 aliphatic rings. The fourth-order valence-electron chi connectivity index (χ4n) is 2.63. The van der Waals surface area contributed by atoms with Crippen LogP contribution < -0.4 is 10.6 Å². The summed E-state index contributed by atoms with van der Waals surface area (Å²) in [6.45, 7) is 2.45. The second kappa shape index (κ2) is 9.67. The Morgan fingerprint density at radius 2 is 1.71 bits per heavy atom. The topological polar surface area (TPSA) is 58.2 Å². The molecule has 0 aliphatic heterocycles. The lowest BCUT2D eigenvalue weighted by molar-refractivity contribution is -0.117. The molecule has 0 aliphatic carbocycles. The van der Waals surface area contributed by atoms with Gasteiger partial charge in [-0.25, -0.2) is 0 Å². The molecule has 0 saturated heterocycles. The summed E-state index contributed by atoms with van der Waals surface area (Å²) in [6.07, 6.45) is 2.43. The molecule has 1 heterocycles. The van der Waals surface area contributed by atoms with E-state index in [4.69, 9.17) is 0 Å². The Hall–Kier alpha value is -3.18. The van der Waals surface area contributed by atoms with Crippen LogP contribution in [0.4, 0.5) is 0 Å². The van der Waals surface area contributed by atoms with Gasteiger partial charge < -0.3 is 10.6 Å². The normalized spacial score (nSPS) is 11.1. The van der Waals surface area contributed by atoms with Gasteiger partial charge in [0.05, 0.1) is 0 Å². The van der Waals surface area contributed by atoms with Crippen molar-refractivity contribution < 1.29 is 9.59 Å². The molecule has 3 aromatic rings. The van der Waals surface area contributed by atoms with Gasteiger partial charge in [-0.05, 0) is 48.6 Å². The van der Waals surface area contributed by atoms with E-state index in [9.17, 15) is 9.59 Å². The van der Waals surface area contributed by atoms with Gasteiger partial charge >= 0.3 is 0 Å². The van der Waals surface area contributed by atoms with E-state index < -0.39 is 0 Å². The average molecular weight is 391 g/mol. The second-order valence-corrected chi connectivity index (χ2v) is 7.36. The van der Waals surface area contributed by atoms with Crippen LogP contribution in [0.5, 0.6) is 0 Å². The molecule has 3 rings (SSSR count). The van der Waals surface area contributed by atoms with E-state index in [2.05, 4.69) is 10.6 Å². The molecule has 0 saturated carbocycles. The van der Waals surface area contributed by atoms with E-state index in [1.165, 1.54) is 11.3 Å². The third-order valence-electron chi connectivity index (χ3n) is 4.18. The summed E-state index contributed by atoms with van der Waals surface area (Å²) in [6, 6.07) is 21.0. The minimum absolute atomic E-state index is 0.237. The molecule has 0 bridgehead atoms. The summed E-state index contributed by atoms with van der Waals surface area (Å²) in [5.41, 5.74) is 2.97. The molecule has 0 spiro atoms. The van der Waals surface area contributed by atoms with Crippen molar-refractivity contribution in [1.29, 1.82) is 0 Å². The summed E-state index contributed by atoms with van der Waals surface area (Å²) < 4.78 is 0. The maximum Gasteiger partial charge on any atom is 0.267 e. The van der Waals surface area contributed by atoms with Crippen LogP contribution in [-0.4, -0.2) is 18.4 Å². The minimum atomic E-state index is -0.305. The first-order valence-electron chi connectivity index (χ1n) is 9.07. The average Bonchev–Trinajstić information content (AvgIpc) is 3.22. The Morgan fingerprint density at radius 1 is 0.964 bits per heavy atom. The minimum Gasteiger partial charge on any atom is -0.350 e. The van der Waals surface area contributed by atoms with E-state index in [0.717, 1.165) is 22.4 Å². The maximum atomic E-state index is 12.7. The number of nitrogens with one attached hydrogen (secondary N) is 2. The van der Waals surface area contributed by atoms with E-state index in [1.54, 1.807) is 18.2 Å². The summed E-state index contributed by atoms with van der Waals surface area (Å²) in [5.74, 6) is -0.606. The first kappa shape index (κ1) is 19.6. The Morgan fingerprint density at radius 3 is 2.39 bits per heavy atom. The highest BCUT2D eigenvalue weighted by molar-refractivity contribution is 7.10. The van der Waals surface area contributed by atoms with Crippen molar-refractivity contribution in [2.45, 2.75) is 13.3 Å². The molecule has 0 atom stereocenters. The summed E-state index contributed by atoms with van der Waals surface area (Å²) in [5, 5.41) is 7.58. The Labute approximate surface area is 168 Å². The number of hydrogen-bond acceptors (Lipinski definition) is 3. The largest absolute Gasteiger partial charge is 0.350 e. The number of benzene rings is 2. The molecule has 0 fully saturated rings. The fraction of sp³-hybridized carbons (Fsp3) is 0.130. The van der Waals surface area contributed by atoms with Gasteiger partial charge in [-0.1, -0.05) is 54.1 Å². The first-order valence-corrected chi connectivity index (χ1v) is 9.95. The molecule has 2 amide bonds. The number of carbonyl (C=O) groups excluding carboxylic acids is 2. The molecule has 0 unspecified atom stereocenters. The number of amides is 2. The third-order valence-corrected chi connectivity index (χ3v) is 5.00. The standard InChI is InChI=1S/C23H22N2O2S/c1-17-9-11-19(12-10-17)22(26)25-21(16-20-8-5-15-28-20)23(27)24-14-13-18-6-3-2-4-7-18/h2-12,15-16H,13-14H2,1H3,(H,24,27)(H,25,26)/b21-16-. The number of carbonyl (C=O) groups is 2. The summed E-state index contributed by atoms with van der Waals surface area (Å²) in [7, 11) is 0. The molecule has 2 aromatic carbocycles. The van der Waals surface area contributed by atoms with Crippen LogP contribution in [0, 0.1) is 6.92 Å². The van der Waals surface area contributed by atoms with Gasteiger partial charge in [0.15, 0.2) is 0 Å². The van der Waals surface area contributed by atoms with Crippen molar-refractivity contribution in [3.05, 3.63) is 99.4 Å². The molecule has 1 aromatic heterocycles. The quantitative estimate of drug-likeness (QED) is 0.595. The SMILES string of the molecule is Cc1ccc(C(=O)N/C(=C\c2cccs2)C(=O)NCCc2ccccc2)cc1. The third kappa shape index (κ3) is 5.66. The number of rotatable bonds is 7. The van der Waals surface area contributed by atoms with E-state index in [1.807, 2.05) is 66.9 Å². The zero-order valence-electron chi connectivity index (χ0n) is 15.6. The van der Waals surface area contributed by atoms with Crippen LogP contribution in [0.25, 0.3) is 6.08 Å². The zero-order chi connectivity index (χ0) is 19.8. The van der Waals surface area contributed by atoms with Crippen LogP contribution in [0.2, 0.25) is 0 Å². The lowest BCUT2D eigenvalue weighted by Crippen LogP contribution is -2.35. The maximum absolute atomic E-state index is 12.7. The fourth-order valence-corrected chi connectivity index (χ4v) is 3.29. The smallest absolute Gasteiger partial charge is 0.267 e. The van der Waals surface area contributed by atoms with Crippen molar-refractivity contribution in [3.8, 4) is 0 Å². The number of aryl methyl sites for hydroxylation is 1. The van der Waals surface area contributed by atoms with E-state index in [-0.39, 0.29) is 17.5 Å². The Kier molecular flexibility index (Phi) is 6.76. The van der Waals surface area contributed by atoms with Gasteiger partial charge in [0.25, 0.3) is 11.8 Å². The van der Waals surface area contributed by atoms with Gasteiger partial charge in [0.1, 0.15) is 5.70 Å². The van der Waals surface area contributed by atoms with Crippen LogP contribution in [0.1, 0.15) is 26.4 Å². The molecule has 4 nitrogen and oxygen atoms in total. The molecule has 28 heavy (non-hydrogen) atoms. The van der Waals surface area contributed by atoms with Gasteiger partial charge in [-0.2, -0.15) is 0 Å². The van der Waals surface area contributed by atoms with Crippen LogP contribution in [-0.2, 0) is 11.2 Å². The highest BCUT2D eigenvalue weighted by Gasteiger charge is 2.14. The van der Waals surface area contributed by atoms with Crippen LogP contribution >= 0.6 is 11.3 Å². The predicted molar refractivity (Wildman–Crippen MR) is 114 cm³/mol. The lowest BCUT2D eigenvalue weighted by atomic mass is 10.1. The Balaban J connectivity index is 1.68.